The van der Waals surface area contributed by atoms with Gasteiger partial charge in [-0.2, -0.15) is 5.10 Å². The third kappa shape index (κ3) is 3.97. The Kier molecular flexibility index (Phi) is 5.63. The second-order valence-corrected chi connectivity index (χ2v) is 6.01. The van der Waals surface area contributed by atoms with E-state index in [4.69, 9.17) is 11.6 Å². The van der Waals surface area contributed by atoms with Crippen LogP contribution in [0.25, 0.3) is 0 Å². The lowest BCUT2D eigenvalue weighted by Gasteiger charge is -2.26. The van der Waals surface area contributed by atoms with Gasteiger partial charge in [0.2, 0.25) is 0 Å². The zero-order valence-corrected chi connectivity index (χ0v) is 12.9. The van der Waals surface area contributed by atoms with Crippen LogP contribution in [-0.2, 0) is 12.0 Å². The highest BCUT2D eigenvalue weighted by Gasteiger charge is 2.27. The minimum Gasteiger partial charge on any atom is -0.320 e. The molecule has 1 N–H and O–H groups in total. The maximum atomic E-state index is 6.31. The fraction of sp³-hybridized carbons (Fsp3) is 0.769. The monoisotopic (exact) mass is 272 g/mol. The molecule has 0 atom stereocenters. The molecule has 0 amide bonds. The van der Waals surface area contributed by atoms with Gasteiger partial charge >= 0.3 is 0 Å². The average molecular weight is 273 g/mol. The summed E-state index contributed by atoms with van der Waals surface area (Å²) in [5.41, 5.74) is 1.17. The lowest BCUT2D eigenvalue weighted by molar-refractivity contribution is 0.351. The number of hydrogen-bond acceptors (Lipinski definition) is 3. The highest BCUT2D eigenvalue weighted by molar-refractivity contribution is 6.31. The predicted octanol–water partition coefficient (Wildman–Crippen LogP) is 1.99. The van der Waals surface area contributed by atoms with Crippen LogP contribution in [0.5, 0.6) is 0 Å². The lowest BCUT2D eigenvalue weighted by atomic mass is 9.85. The van der Waals surface area contributed by atoms with Crippen LogP contribution in [0.2, 0.25) is 5.02 Å². The summed E-state index contributed by atoms with van der Waals surface area (Å²) in [6, 6.07) is 0. The number of rotatable bonds is 7. The smallest absolute Gasteiger partial charge is 0.0823 e. The second kappa shape index (κ2) is 6.55. The molecule has 0 aliphatic carbocycles. The Bertz CT molecular complexity index is 371. The molecule has 0 radical (unpaired) electrons. The summed E-state index contributed by atoms with van der Waals surface area (Å²) in [6.45, 7) is 7.26. The molecule has 18 heavy (non-hydrogen) atoms. The quantitative estimate of drug-likeness (QED) is 0.824. The number of nitrogens with one attached hydrogen (secondary N) is 1. The van der Waals surface area contributed by atoms with Crippen LogP contribution in [0.3, 0.4) is 0 Å². The summed E-state index contributed by atoms with van der Waals surface area (Å²) in [6.07, 6.45) is 2.80. The number of likely N-dealkylation sites (N-methyl/N-ethyl adjacent to an activating group) is 1. The molecule has 0 bridgehead atoms. The summed E-state index contributed by atoms with van der Waals surface area (Å²) in [5.74, 6) is 0. The van der Waals surface area contributed by atoms with Gasteiger partial charge in [-0.05, 0) is 34.1 Å². The topological polar surface area (TPSA) is 33.1 Å². The molecule has 1 aromatic rings. The molecule has 4 nitrogen and oxygen atoms in total. The zero-order chi connectivity index (χ0) is 13.8. The largest absolute Gasteiger partial charge is 0.320 e. The van der Waals surface area contributed by atoms with E-state index in [1.54, 1.807) is 6.20 Å². The van der Waals surface area contributed by atoms with Gasteiger partial charge in [0, 0.05) is 12.0 Å². The highest BCUT2D eigenvalue weighted by Crippen LogP contribution is 2.32. The first-order chi connectivity index (χ1) is 8.38. The van der Waals surface area contributed by atoms with Crippen molar-refractivity contribution in [1.29, 1.82) is 0 Å². The molecule has 1 heterocycles. The van der Waals surface area contributed by atoms with Gasteiger partial charge in [0.25, 0.3) is 0 Å². The van der Waals surface area contributed by atoms with Crippen molar-refractivity contribution < 1.29 is 0 Å². The highest BCUT2D eigenvalue weighted by atomic mass is 35.5. The molecular weight excluding hydrogens is 248 g/mol. The summed E-state index contributed by atoms with van der Waals surface area (Å²) in [7, 11) is 6.11. The Labute approximate surface area is 115 Å². The molecule has 1 rings (SSSR count). The van der Waals surface area contributed by atoms with Crippen molar-refractivity contribution in [1.82, 2.24) is 20.0 Å². The Morgan fingerprint density at radius 2 is 2.11 bits per heavy atom. The first kappa shape index (κ1) is 15.5. The number of halogens is 1. The van der Waals surface area contributed by atoms with E-state index >= 15 is 0 Å². The minimum absolute atomic E-state index is 0.0307. The van der Waals surface area contributed by atoms with Gasteiger partial charge in [-0.15, -0.1) is 0 Å². The zero-order valence-electron chi connectivity index (χ0n) is 12.1. The predicted molar refractivity (Wildman–Crippen MR) is 77.4 cm³/mol. The number of hydrogen-bond donors (Lipinski definition) is 1. The van der Waals surface area contributed by atoms with Crippen LogP contribution in [0, 0.1) is 0 Å². The lowest BCUT2D eigenvalue weighted by Crippen LogP contribution is -2.29. The van der Waals surface area contributed by atoms with Crippen LogP contribution in [-0.4, -0.2) is 48.9 Å². The van der Waals surface area contributed by atoms with Crippen LogP contribution in [0.1, 0.15) is 26.0 Å². The van der Waals surface area contributed by atoms with Crippen molar-refractivity contribution in [2.45, 2.75) is 32.2 Å². The van der Waals surface area contributed by atoms with E-state index in [1.807, 2.05) is 11.7 Å². The van der Waals surface area contributed by atoms with Gasteiger partial charge in [0.15, 0.2) is 0 Å². The van der Waals surface area contributed by atoms with E-state index < -0.39 is 0 Å². The molecule has 1 aromatic heterocycles. The molecule has 0 aliphatic heterocycles. The van der Waals surface area contributed by atoms with Crippen LogP contribution in [0.15, 0.2) is 6.20 Å². The molecule has 0 spiro atoms. The van der Waals surface area contributed by atoms with Gasteiger partial charge in [0.1, 0.15) is 0 Å². The summed E-state index contributed by atoms with van der Waals surface area (Å²) in [4.78, 5) is 2.15. The van der Waals surface area contributed by atoms with Gasteiger partial charge < -0.3 is 10.2 Å². The normalized spacial score (nSPS) is 12.4. The molecular formula is C13H25ClN4. The van der Waals surface area contributed by atoms with E-state index in [-0.39, 0.29) is 5.41 Å². The summed E-state index contributed by atoms with van der Waals surface area (Å²) in [5, 5.41) is 8.37. The van der Waals surface area contributed by atoms with E-state index in [2.05, 4.69) is 43.3 Å². The van der Waals surface area contributed by atoms with Crippen molar-refractivity contribution in [3.05, 3.63) is 16.9 Å². The summed E-state index contributed by atoms with van der Waals surface area (Å²) >= 11 is 6.31. The Morgan fingerprint density at radius 3 is 2.67 bits per heavy atom. The Morgan fingerprint density at radius 1 is 1.44 bits per heavy atom. The summed E-state index contributed by atoms with van der Waals surface area (Å²) < 4.78 is 2.04. The SMILES string of the molecule is CNCCC(C)(C)c1c(Cl)cnn1CCN(C)C. The first-order valence-corrected chi connectivity index (χ1v) is 6.77. The Hall–Kier alpha value is -0.580. The Balaban J connectivity index is 2.88. The van der Waals surface area contributed by atoms with Crippen molar-refractivity contribution in [3.8, 4) is 0 Å². The van der Waals surface area contributed by atoms with E-state index in [0.29, 0.717) is 0 Å². The molecule has 0 fully saturated rings. The van der Waals surface area contributed by atoms with Crippen molar-refractivity contribution in [3.63, 3.8) is 0 Å². The fourth-order valence-electron chi connectivity index (χ4n) is 2.06. The van der Waals surface area contributed by atoms with E-state index in [9.17, 15) is 0 Å². The third-order valence-electron chi connectivity index (χ3n) is 3.19. The standard InChI is InChI=1S/C13H25ClN4/c1-13(2,6-7-15-3)12-11(14)10-16-18(12)9-8-17(4)5/h10,15H,6-9H2,1-5H3. The van der Waals surface area contributed by atoms with Gasteiger partial charge in [-0.3, -0.25) is 4.68 Å². The number of aromatic nitrogens is 2. The fourth-order valence-corrected chi connectivity index (χ4v) is 2.45. The maximum absolute atomic E-state index is 6.31. The van der Waals surface area contributed by atoms with Gasteiger partial charge in [-0.25, -0.2) is 0 Å². The molecule has 0 saturated carbocycles. The van der Waals surface area contributed by atoms with E-state index in [0.717, 1.165) is 36.8 Å². The van der Waals surface area contributed by atoms with Crippen LogP contribution in [0.4, 0.5) is 0 Å². The van der Waals surface area contributed by atoms with Crippen LogP contribution < -0.4 is 5.32 Å². The molecule has 0 aromatic carbocycles. The van der Waals surface area contributed by atoms with Gasteiger partial charge in [-0.1, -0.05) is 25.4 Å². The molecule has 5 heteroatoms. The molecule has 104 valence electrons. The second-order valence-electron chi connectivity index (χ2n) is 5.60. The van der Waals surface area contributed by atoms with Crippen molar-refractivity contribution in [2.75, 3.05) is 34.2 Å². The first-order valence-electron chi connectivity index (χ1n) is 6.39. The maximum Gasteiger partial charge on any atom is 0.0823 e. The molecule has 0 aliphatic rings. The van der Waals surface area contributed by atoms with Crippen LogP contribution >= 0.6 is 11.6 Å². The third-order valence-corrected chi connectivity index (χ3v) is 3.47. The molecule has 0 saturated heterocycles. The minimum atomic E-state index is 0.0307. The van der Waals surface area contributed by atoms with Crippen molar-refractivity contribution in [2.24, 2.45) is 0 Å². The average Bonchev–Trinajstić information content (AvgIpc) is 2.66. The van der Waals surface area contributed by atoms with Crippen molar-refractivity contribution >= 4 is 11.6 Å². The molecule has 0 unspecified atom stereocenters. The number of nitrogens with zero attached hydrogens (tertiary/aromatic N) is 3. The van der Waals surface area contributed by atoms with E-state index in [1.165, 1.54) is 0 Å². The van der Waals surface area contributed by atoms with Gasteiger partial charge in [0.05, 0.1) is 23.5 Å².